The van der Waals surface area contributed by atoms with Crippen LogP contribution in [0, 0.1) is 0 Å². The number of halogens is 1. The molecule has 0 saturated carbocycles. The van der Waals surface area contributed by atoms with E-state index in [1.54, 1.807) is 34.9 Å². The number of hydrogen-bond donors (Lipinski definition) is 1. The zero-order chi connectivity index (χ0) is 17.3. The minimum atomic E-state index is -0.605. The van der Waals surface area contributed by atoms with Crippen LogP contribution in [0.2, 0.25) is 0 Å². The second-order valence-electron chi connectivity index (χ2n) is 5.90. The van der Waals surface area contributed by atoms with Gasteiger partial charge in [0.1, 0.15) is 6.04 Å². The molecular weight excluding hydrogens is 396 g/mol. The molecule has 0 bridgehead atoms. The molecule has 128 valence electrons. The van der Waals surface area contributed by atoms with Crippen molar-refractivity contribution in [2.45, 2.75) is 30.7 Å². The Bertz CT molecular complexity index is 698. The molecule has 0 radical (unpaired) electrons. The van der Waals surface area contributed by atoms with Crippen molar-refractivity contribution < 1.29 is 19.1 Å². The number of carbonyl (C=O) groups excluding carboxylic acids is 3. The van der Waals surface area contributed by atoms with Gasteiger partial charge in [0.2, 0.25) is 5.91 Å². The third-order valence-electron chi connectivity index (χ3n) is 4.21. The van der Waals surface area contributed by atoms with E-state index in [1.807, 2.05) is 13.0 Å². The highest BCUT2D eigenvalue weighted by Crippen LogP contribution is 2.47. The Morgan fingerprint density at radius 1 is 1.46 bits per heavy atom. The molecule has 0 aromatic heterocycles. The number of para-hydroxylation sites is 1. The maximum absolute atomic E-state index is 12.3. The first kappa shape index (κ1) is 17.3. The molecule has 2 heterocycles. The average Bonchev–Trinajstić information content (AvgIpc) is 3.04. The summed E-state index contributed by atoms with van der Waals surface area (Å²) in [5, 5.41) is 2.67. The van der Waals surface area contributed by atoms with Gasteiger partial charge in [0.05, 0.1) is 10.6 Å². The number of nitrogens with one attached hydrogen (secondary N) is 1. The van der Waals surface area contributed by atoms with E-state index < -0.39 is 17.9 Å². The molecule has 2 amide bonds. The molecule has 2 aliphatic rings. The minimum absolute atomic E-state index is 0.0258. The van der Waals surface area contributed by atoms with E-state index in [0.717, 1.165) is 10.9 Å². The SMILES string of the molecule is C[C@]12CCC(=O)N1[C@H](C(=O)OCC(=O)Nc1ccccc1Br)CS2. The van der Waals surface area contributed by atoms with Crippen LogP contribution < -0.4 is 5.32 Å². The monoisotopic (exact) mass is 412 g/mol. The second-order valence-corrected chi connectivity index (χ2v) is 8.26. The fourth-order valence-electron chi connectivity index (χ4n) is 2.98. The molecule has 8 heteroatoms. The minimum Gasteiger partial charge on any atom is -0.454 e. The summed E-state index contributed by atoms with van der Waals surface area (Å²) in [6.45, 7) is 1.59. The Kier molecular flexibility index (Phi) is 4.87. The highest BCUT2D eigenvalue weighted by atomic mass is 79.9. The number of anilines is 1. The number of ether oxygens (including phenoxy) is 1. The quantitative estimate of drug-likeness (QED) is 0.768. The Labute approximate surface area is 152 Å². The Hall–Kier alpha value is -1.54. The zero-order valence-electron chi connectivity index (χ0n) is 13.1. The van der Waals surface area contributed by atoms with Gasteiger partial charge in [0.15, 0.2) is 6.61 Å². The smallest absolute Gasteiger partial charge is 0.330 e. The van der Waals surface area contributed by atoms with Gasteiger partial charge in [-0.25, -0.2) is 4.79 Å². The number of benzene rings is 1. The lowest BCUT2D eigenvalue weighted by atomic mass is 10.2. The number of fused-ring (bicyclic) bond motifs is 1. The Morgan fingerprint density at radius 2 is 2.21 bits per heavy atom. The van der Waals surface area contributed by atoms with Crippen molar-refractivity contribution in [3.63, 3.8) is 0 Å². The van der Waals surface area contributed by atoms with Gasteiger partial charge in [0.25, 0.3) is 5.91 Å². The van der Waals surface area contributed by atoms with Crippen LogP contribution in [-0.4, -0.2) is 46.0 Å². The van der Waals surface area contributed by atoms with Gasteiger partial charge < -0.3 is 15.0 Å². The third kappa shape index (κ3) is 3.30. The second kappa shape index (κ2) is 6.76. The Morgan fingerprint density at radius 3 is 2.96 bits per heavy atom. The molecule has 1 aromatic carbocycles. The number of nitrogens with zero attached hydrogens (tertiary/aromatic N) is 1. The van der Waals surface area contributed by atoms with Gasteiger partial charge in [-0.15, -0.1) is 11.8 Å². The lowest BCUT2D eigenvalue weighted by Crippen LogP contribution is -2.47. The number of rotatable bonds is 4. The molecular formula is C16H17BrN2O4S. The zero-order valence-corrected chi connectivity index (χ0v) is 15.5. The van der Waals surface area contributed by atoms with Gasteiger partial charge >= 0.3 is 5.97 Å². The van der Waals surface area contributed by atoms with Crippen LogP contribution in [-0.2, 0) is 19.1 Å². The van der Waals surface area contributed by atoms with Crippen LogP contribution in [0.4, 0.5) is 5.69 Å². The third-order valence-corrected chi connectivity index (χ3v) is 6.41. The largest absolute Gasteiger partial charge is 0.454 e. The van der Waals surface area contributed by atoms with Gasteiger partial charge in [-0.05, 0) is 41.4 Å². The van der Waals surface area contributed by atoms with E-state index in [4.69, 9.17) is 4.74 Å². The predicted octanol–water partition coefficient (Wildman–Crippen LogP) is 2.38. The summed E-state index contributed by atoms with van der Waals surface area (Å²) in [7, 11) is 0. The highest BCUT2D eigenvalue weighted by Gasteiger charge is 2.53. The molecule has 6 nitrogen and oxygen atoms in total. The van der Waals surface area contributed by atoms with E-state index in [2.05, 4.69) is 21.2 Å². The van der Waals surface area contributed by atoms with Crippen LogP contribution >= 0.6 is 27.7 Å². The number of amides is 2. The van der Waals surface area contributed by atoms with E-state index in [0.29, 0.717) is 17.9 Å². The van der Waals surface area contributed by atoms with Gasteiger partial charge in [0, 0.05) is 16.6 Å². The van der Waals surface area contributed by atoms with E-state index >= 15 is 0 Å². The maximum atomic E-state index is 12.3. The molecule has 2 atom stereocenters. The lowest BCUT2D eigenvalue weighted by molar-refractivity contribution is -0.155. The van der Waals surface area contributed by atoms with Crippen molar-refractivity contribution in [3.05, 3.63) is 28.7 Å². The molecule has 0 unspecified atom stereocenters. The molecule has 2 aliphatic heterocycles. The van der Waals surface area contributed by atoms with E-state index in [-0.39, 0.29) is 17.4 Å². The number of thioether (sulfide) groups is 1. The normalized spacial score (nSPS) is 25.5. The fourth-order valence-corrected chi connectivity index (χ4v) is 4.78. The van der Waals surface area contributed by atoms with Gasteiger partial charge in [-0.2, -0.15) is 0 Å². The maximum Gasteiger partial charge on any atom is 0.330 e. The first-order chi connectivity index (χ1) is 11.4. The summed E-state index contributed by atoms with van der Waals surface area (Å²) in [5.74, 6) is -0.463. The summed E-state index contributed by atoms with van der Waals surface area (Å²) < 4.78 is 5.87. The van der Waals surface area contributed by atoms with Crippen LogP contribution in [0.25, 0.3) is 0 Å². The van der Waals surface area contributed by atoms with Crippen molar-refractivity contribution in [3.8, 4) is 0 Å². The molecule has 1 aromatic rings. The van der Waals surface area contributed by atoms with Crippen molar-refractivity contribution in [2.24, 2.45) is 0 Å². The fraction of sp³-hybridized carbons (Fsp3) is 0.438. The topological polar surface area (TPSA) is 75.7 Å². The van der Waals surface area contributed by atoms with Crippen molar-refractivity contribution in [1.29, 1.82) is 0 Å². The average molecular weight is 413 g/mol. The van der Waals surface area contributed by atoms with Crippen LogP contribution in [0.5, 0.6) is 0 Å². The number of carbonyl (C=O) groups is 3. The van der Waals surface area contributed by atoms with Crippen LogP contribution in [0.15, 0.2) is 28.7 Å². The molecule has 2 fully saturated rings. The lowest BCUT2D eigenvalue weighted by Gasteiger charge is -2.29. The molecule has 2 saturated heterocycles. The summed E-state index contributed by atoms with van der Waals surface area (Å²) in [6.07, 6.45) is 1.19. The molecule has 3 rings (SSSR count). The van der Waals surface area contributed by atoms with Crippen LogP contribution in [0.3, 0.4) is 0 Å². The van der Waals surface area contributed by atoms with E-state index in [9.17, 15) is 14.4 Å². The summed E-state index contributed by atoms with van der Waals surface area (Å²) >= 11 is 4.92. The van der Waals surface area contributed by atoms with Crippen molar-refractivity contribution >= 4 is 51.2 Å². The molecule has 0 spiro atoms. The van der Waals surface area contributed by atoms with E-state index in [1.165, 1.54) is 0 Å². The summed E-state index contributed by atoms with van der Waals surface area (Å²) in [5.41, 5.74) is 0.609. The summed E-state index contributed by atoms with van der Waals surface area (Å²) in [6, 6.07) is 6.57. The van der Waals surface area contributed by atoms with Crippen molar-refractivity contribution in [2.75, 3.05) is 17.7 Å². The molecule has 1 N–H and O–H groups in total. The first-order valence-electron chi connectivity index (χ1n) is 7.58. The van der Waals surface area contributed by atoms with Crippen LogP contribution in [0.1, 0.15) is 19.8 Å². The standard InChI is InChI=1S/C16H17BrN2O4S/c1-16-7-6-14(21)19(16)12(9-24-16)15(22)23-8-13(20)18-11-5-3-2-4-10(11)17/h2-5,12H,6-9H2,1H3,(H,18,20)/t12-,16-/m0/s1. The molecule has 24 heavy (non-hydrogen) atoms. The highest BCUT2D eigenvalue weighted by molar-refractivity contribution is 9.10. The number of hydrogen-bond acceptors (Lipinski definition) is 5. The predicted molar refractivity (Wildman–Crippen MR) is 94.5 cm³/mol. The van der Waals surface area contributed by atoms with Crippen molar-refractivity contribution in [1.82, 2.24) is 4.90 Å². The molecule has 0 aliphatic carbocycles. The first-order valence-corrected chi connectivity index (χ1v) is 9.36. The Balaban J connectivity index is 1.55. The van der Waals surface area contributed by atoms with Gasteiger partial charge in [-0.3, -0.25) is 9.59 Å². The number of esters is 1. The summed E-state index contributed by atoms with van der Waals surface area (Å²) in [4.78, 5) is 37.5. The van der Waals surface area contributed by atoms with Gasteiger partial charge in [-0.1, -0.05) is 12.1 Å².